The van der Waals surface area contributed by atoms with Gasteiger partial charge in [-0.1, -0.05) is 18.7 Å². The van der Waals surface area contributed by atoms with Crippen LogP contribution in [0.15, 0.2) is 14.6 Å². The number of carbonyl (C=O) groups excluding carboxylic acids is 2. The molecule has 1 rings (SSSR count). The Morgan fingerprint density at radius 3 is 2.61 bits per heavy atom. The van der Waals surface area contributed by atoms with Crippen LogP contribution >= 0.6 is 11.8 Å². The van der Waals surface area contributed by atoms with Crippen molar-refractivity contribution in [1.29, 1.82) is 0 Å². The van der Waals surface area contributed by atoms with E-state index in [4.69, 9.17) is 0 Å². The summed E-state index contributed by atoms with van der Waals surface area (Å²) < 4.78 is 4.48. The van der Waals surface area contributed by atoms with E-state index in [1.165, 1.54) is 0 Å². The first kappa shape index (κ1) is 14.2. The van der Waals surface area contributed by atoms with E-state index in [0.29, 0.717) is 11.8 Å². The van der Waals surface area contributed by atoms with Gasteiger partial charge in [-0.3, -0.25) is 19.4 Å². The maximum Gasteiger partial charge on any atom is 0.342 e. The molecular weight excluding hydrogens is 262 g/mol. The number of esters is 1. The van der Waals surface area contributed by atoms with Crippen molar-refractivity contribution in [1.82, 2.24) is 15.2 Å². The highest BCUT2D eigenvalue weighted by molar-refractivity contribution is 8.01. The quantitative estimate of drug-likeness (QED) is 0.403. The van der Waals surface area contributed by atoms with Gasteiger partial charge in [-0.25, -0.2) is 9.89 Å². The van der Waals surface area contributed by atoms with Crippen LogP contribution in [0.1, 0.15) is 13.3 Å². The Morgan fingerprint density at radius 2 is 2.11 bits per heavy atom. The van der Waals surface area contributed by atoms with Gasteiger partial charge in [-0.05, 0) is 0 Å². The number of carbonyl (C=O) groups is 2. The fourth-order valence-corrected chi connectivity index (χ4v) is 2.04. The molecular formula is C9H11N3O5S. The number of aromatic nitrogens is 3. The van der Waals surface area contributed by atoms with Gasteiger partial charge in [0.15, 0.2) is 16.1 Å². The highest BCUT2D eigenvalue weighted by Gasteiger charge is 2.29. The van der Waals surface area contributed by atoms with Crippen molar-refractivity contribution >= 4 is 23.5 Å². The fraction of sp³-hybridized carbons (Fsp3) is 0.444. The van der Waals surface area contributed by atoms with Crippen LogP contribution in [0.4, 0.5) is 0 Å². The van der Waals surface area contributed by atoms with Gasteiger partial charge in [0.2, 0.25) is 0 Å². The van der Waals surface area contributed by atoms with E-state index in [1.807, 2.05) is 10.1 Å². The molecule has 1 aromatic heterocycles. The van der Waals surface area contributed by atoms with Crippen LogP contribution in [0.25, 0.3) is 0 Å². The summed E-state index contributed by atoms with van der Waals surface area (Å²) in [4.78, 5) is 47.1. The number of H-pyrrole nitrogens is 2. The van der Waals surface area contributed by atoms with Crippen molar-refractivity contribution in [2.24, 2.45) is 0 Å². The first-order valence-electron chi connectivity index (χ1n) is 4.95. The molecule has 0 fully saturated rings. The number of aromatic amines is 2. The van der Waals surface area contributed by atoms with Crippen molar-refractivity contribution < 1.29 is 14.3 Å². The molecule has 0 amide bonds. The summed E-state index contributed by atoms with van der Waals surface area (Å²) in [5, 5.41) is 4.15. The molecule has 0 radical (unpaired) electrons. The van der Waals surface area contributed by atoms with E-state index in [2.05, 4.69) is 9.84 Å². The summed E-state index contributed by atoms with van der Waals surface area (Å²) in [6.45, 7) is 1.59. The first-order chi connectivity index (χ1) is 8.49. The highest BCUT2D eigenvalue weighted by Crippen LogP contribution is 2.20. The molecule has 0 aliphatic heterocycles. The van der Waals surface area contributed by atoms with Crippen LogP contribution in [0, 0.1) is 0 Å². The molecule has 0 saturated carbocycles. The Balaban J connectivity index is 3.03. The molecule has 1 aromatic rings. The molecule has 0 saturated heterocycles. The lowest BCUT2D eigenvalue weighted by molar-refractivity contribution is -0.142. The maximum absolute atomic E-state index is 11.6. The summed E-state index contributed by atoms with van der Waals surface area (Å²) in [5.41, 5.74) is -1.53. The van der Waals surface area contributed by atoms with Crippen LogP contribution in [0.3, 0.4) is 0 Å². The third-order valence-corrected chi connectivity index (χ3v) is 3.16. The van der Waals surface area contributed by atoms with Crippen molar-refractivity contribution in [3.63, 3.8) is 0 Å². The third-order valence-electron chi connectivity index (χ3n) is 1.97. The lowest BCUT2D eigenvalue weighted by Crippen LogP contribution is -2.31. The Morgan fingerprint density at radius 1 is 1.44 bits per heavy atom. The number of Topliss-reactive ketones (excluding diaryl/α,β-unsaturated/α-hetero) is 1. The predicted octanol–water partition coefficient (Wildman–Crippen LogP) is -0.929. The number of nitrogens with one attached hydrogen (secondary N) is 2. The number of methoxy groups -OCH3 is 1. The number of hydrogen-bond donors (Lipinski definition) is 2. The normalized spacial score (nSPS) is 11.9. The molecule has 8 nitrogen and oxygen atoms in total. The summed E-state index contributed by atoms with van der Waals surface area (Å²) in [5.74, 6) is -1.15. The van der Waals surface area contributed by atoms with Gasteiger partial charge >= 0.3 is 11.7 Å². The SMILES string of the molecule is CCC(=O)C(Sc1n[nH]c(=O)[nH]c1=O)C(=O)OC. The minimum Gasteiger partial charge on any atom is -0.468 e. The van der Waals surface area contributed by atoms with E-state index in [9.17, 15) is 19.2 Å². The Labute approximate surface area is 105 Å². The summed E-state index contributed by atoms with van der Waals surface area (Å²) >= 11 is 0.640. The monoisotopic (exact) mass is 273 g/mol. The second-order valence-electron chi connectivity index (χ2n) is 3.15. The molecule has 18 heavy (non-hydrogen) atoms. The largest absolute Gasteiger partial charge is 0.468 e. The molecule has 0 aliphatic rings. The number of ketones is 1. The van der Waals surface area contributed by atoms with Crippen molar-refractivity contribution in [3.8, 4) is 0 Å². The van der Waals surface area contributed by atoms with Crippen molar-refractivity contribution in [2.45, 2.75) is 23.6 Å². The van der Waals surface area contributed by atoms with Gasteiger partial charge in [0.25, 0.3) is 5.56 Å². The molecule has 9 heteroatoms. The molecule has 0 spiro atoms. The average Bonchev–Trinajstić information content (AvgIpc) is 2.36. The molecule has 98 valence electrons. The van der Waals surface area contributed by atoms with E-state index in [1.54, 1.807) is 6.92 Å². The van der Waals surface area contributed by atoms with E-state index < -0.39 is 22.5 Å². The van der Waals surface area contributed by atoms with E-state index in [-0.39, 0.29) is 17.2 Å². The minimum absolute atomic E-state index is 0.119. The molecule has 1 unspecified atom stereocenters. The van der Waals surface area contributed by atoms with Crippen LogP contribution in [-0.4, -0.2) is 39.3 Å². The lowest BCUT2D eigenvalue weighted by Gasteiger charge is -2.10. The van der Waals surface area contributed by atoms with E-state index in [0.717, 1.165) is 7.11 Å². The van der Waals surface area contributed by atoms with Crippen LogP contribution in [0.5, 0.6) is 0 Å². The van der Waals surface area contributed by atoms with E-state index >= 15 is 0 Å². The smallest absolute Gasteiger partial charge is 0.342 e. The molecule has 1 heterocycles. The average molecular weight is 273 g/mol. The zero-order valence-corrected chi connectivity index (χ0v) is 10.5. The number of hydrogen-bond acceptors (Lipinski definition) is 7. The van der Waals surface area contributed by atoms with Gasteiger partial charge in [0.05, 0.1) is 7.11 Å². The van der Waals surface area contributed by atoms with Crippen molar-refractivity contribution in [2.75, 3.05) is 7.11 Å². The number of rotatable bonds is 5. The molecule has 1 atom stereocenters. The number of nitrogens with zero attached hydrogens (tertiary/aromatic N) is 1. The standard InChI is InChI=1S/C9H11N3O5S/c1-3-4(13)5(8(15)17-2)18-7-6(14)10-9(16)12-11-7/h5H,3H2,1-2H3,(H2,10,12,14,16). The predicted molar refractivity (Wildman–Crippen MR) is 62.4 cm³/mol. The van der Waals surface area contributed by atoms with Gasteiger partial charge in [-0.15, -0.1) is 0 Å². The van der Waals surface area contributed by atoms with Gasteiger partial charge in [-0.2, -0.15) is 5.10 Å². The Bertz CT molecular complexity index is 548. The maximum atomic E-state index is 11.6. The Hall–Kier alpha value is -1.90. The van der Waals surface area contributed by atoms with Crippen LogP contribution in [-0.2, 0) is 14.3 Å². The van der Waals surface area contributed by atoms with Crippen LogP contribution < -0.4 is 11.2 Å². The molecule has 0 aromatic carbocycles. The zero-order chi connectivity index (χ0) is 13.7. The van der Waals surface area contributed by atoms with Gasteiger partial charge < -0.3 is 4.74 Å². The number of ether oxygens (including phenoxy) is 1. The lowest BCUT2D eigenvalue weighted by atomic mass is 10.2. The fourth-order valence-electron chi connectivity index (χ4n) is 1.07. The molecule has 2 N–H and O–H groups in total. The second-order valence-corrected chi connectivity index (χ2v) is 4.25. The zero-order valence-electron chi connectivity index (χ0n) is 9.68. The molecule has 0 bridgehead atoms. The van der Waals surface area contributed by atoms with Crippen LogP contribution in [0.2, 0.25) is 0 Å². The van der Waals surface area contributed by atoms with Gasteiger partial charge in [0.1, 0.15) is 0 Å². The minimum atomic E-state index is -1.17. The highest BCUT2D eigenvalue weighted by atomic mass is 32.2. The second kappa shape index (κ2) is 6.15. The number of thioether (sulfide) groups is 1. The van der Waals surface area contributed by atoms with Gasteiger partial charge in [0, 0.05) is 6.42 Å². The topological polar surface area (TPSA) is 122 Å². The third kappa shape index (κ3) is 3.29. The summed E-state index contributed by atoms with van der Waals surface area (Å²) in [6, 6.07) is 0. The summed E-state index contributed by atoms with van der Waals surface area (Å²) in [7, 11) is 1.14. The molecule has 0 aliphatic carbocycles. The first-order valence-corrected chi connectivity index (χ1v) is 5.83. The Kier molecular flexibility index (Phi) is 4.84. The summed E-state index contributed by atoms with van der Waals surface area (Å²) in [6.07, 6.45) is 0.119. The van der Waals surface area contributed by atoms with Crippen molar-refractivity contribution in [3.05, 3.63) is 20.8 Å².